The number of nitrogens with one attached hydrogen (secondary N) is 1. The molecule has 0 aliphatic heterocycles. The average Bonchev–Trinajstić information content (AvgIpc) is 2.47. The molecule has 104 valence electrons. The number of hydrogen-bond acceptors (Lipinski definition) is 3. The minimum atomic E-state index is -0.145. The van der Waals surface area contributed by atoms with Crippen LogP contribution in [0.2, 0.25) is 0 Å². The zero-order valence-corrected chi connectivity index (χ0v) is 12.0. The second-order valence-corrected chi connectivity index (χ2v) is 4.92. The molecule has 4 heteroatoms. The van der Waals surface area contributed by atoms with Gasteiger partial charge in [0.15, 0.2) is 0 Å². The van der Waals surface area contributed by atoms with Crippen molar-refractivity contribution in [3.8, 4) is 0 Å². The van der Waals surface area contributed by atoms with E-state index in [0.717, 1.165) is 11.4 Å². The van der Waals surface area contributed by atoms with Gasteiger partial charge in [0.2, 0.25) is 0 Å². The molecule has 1 heterocycles. The average molecular weight is 269 g/mol. The van der Waals surface area contributed by atoms with Gasteiger partial charge in [-0.05, 0) is 38.1 Å². The minimum absolute atomic E-state index is 0.107. The number of anilines is 2. The number of benzene rings is 1. The number of rotatable bonds is 4. The molecule has 0 aliphatic carbocycles. The maximum absolute atomic E-state index is 11.8. The van der Waals surface area contributed by atoms with Crippen molar-refractivity contribution in [2.75, 3.05) is 11.9 Å². The molecule has 4 nitrogen and oxygen atoms in total. The van der Waals surface area contributed by atoms with E-state index in [1.54, 1.807) is 12.3 Å². The molecule has 1 N–H and O–H groups in total. The molecule has 0 bridgehead atoms. The first kappa shape index (κ1) is 14.1. The Morgan fingerprint density at radius 1 is 1.10 bits per heavy atom. The van der Waals surface area contributed by atoms with Crippen molar-refractivity contribution in [3.05, 3.63) is 54.4 Å². The largest absolute Gasteiger partial charge is 0.349 e. The van der Waals surface area contributed by atoms with Gasteiger partial charge in [-0.15, -0.1) is 0 Å². The molecule has 0 saturated heterocycles. The molecule has 2 rings (SSSR count). The summed E-state index contributed by atoms with van der Waals surface area (Å²) in [6.45, 7) is 3.85. The van der Waals surface area contributed by atoms with Gasteiger partial charge in [-0.3, -0.25) is 4.79 Å². The lowest BCUT2D eigenvalue weighted by molar-refractivity contribution is 0.0938. The molecule has 2 aromatic rings. The fourth-order valence-corrected chi connectivity index (χ4v) is 1.86. The maximum atomic E-state index is 11.8. The number of carbonyl (C=O) groups is 1. The van der Waals surface area contributed by atoms with E-state index in [9.17, 15) is 4.79 Å². The molecular formula is C16H19N3O. The van der Waals surface area contributed by atoms with Gasteiger partial charge in [-0.2, -0.15) is 0 Å². The van der Waals surface area contributed by atoms with E-state index >= 15 is 0 Å². The first-order chi connectivity index (χ1) is 9.58. The van der Waals surface area contributed by atoms with Crippen molar-refractivity contribution in [3.63, 3.8) is 0 Å². The highest BCUT2D eigenvalue weighted by atomic mass is 16.1. The maximum Gasteiger partial charge on any atom is 0.270 e. The molecule has 0 saturated carbocycles. The third-order valence-corrected chi connectivity index (χ3v) is 2.93. The number of para-hydroxylation sites is 1. The normalized spacial score (nSPS) is 10.4. The van der Waals surface area contributed by atoms with Crippen molar-refractivity contribution < 1.29 is 4.79 Å². The lowest BCUT2D eigenvalue weighted by Crippen LogP contribution is -2.30. The van der Waals surface area contributed by atoms with E-state index < -0.39 is 0 Å². The Kier molecular flexibility index (Phi) is 4.35. The van der Waals surface area contributed by atoms with Crippen molar-refractivity contribution >= 4 is 17.3 Å². The summed E-state index contributed by atoms with van der Waals surface area (Å²) in [5, 5.41) is 2.82. The Morgan fingerprint density at radius 3 is 2.35 bits per heavy atom. The lowest BCUT2D eigenvalue weighted by Gasteiger charge is -2.19. The van der Waals surface area contributed by atoms with Crippen molar-refractivity contribution in [1.29, 1.82) is 0 Å². The number of pyridine rings is 1. The van der Waals surface area contributed by atoms with E-state index in [0.29, 0.717) is 5.69 Å². The zero-order valence-electron chi connectivity index (χ0n) is 12.0. The van der Waals surface area contributed by atoms with E-state index in [2.05, 4.69) is 10.3 Å². The highest BCUT2D eigenvalue weighted by Gasteiger charge is 2.09. The number of carbonyl (C=O) groups excluding carboxylic acids is 1. The van der Waals surface area contributed by atoms with Gasteiger partial charge < -0.3 is 10.2 Å². The molecule has 0 radical (unpaired) electrons. The molecule has 0 aliphatic rings. The van der Waals surface area contributed by atoms with Crippen LogP contribution in [0.25, 0.3) is 0 Å². The third kappa shape index (κ3) is 3.35. The Balaban J connectivity index is 2.14. The second-order valence-electron chi connectivity index (χ2n) is 4.92. The number of hydrogen-bond donors (Lipinski definition) is 1. The van der Waals surface area contributed by atoms with Crippen molar-refractivity contribution in [2.24, 2.45) is 0 Å². The van der Waals surface area contributed by atoms with Crippen LogP contribution in [0.5, 0.6) is 0 Å². The topological polar surface area (TPSA) is 45.2 Å². The number of nitrogens with zero attached hydrogens (tertiary/aromatic N) is 2. The van der Waals surface area contributed by atoms with Crippen LogP contribution in [0.1, 0.15) is 24.3 Å². The quantitative estimate of drug-likeness (QED) is 0.928. The third-order valence-electron chi connectivity index (χ3n) is 2.93. The van der Waals surface area contributed by atoms with E-state index in [-0.39, 0.29) is 11.9 Å². The molecule has 1 aromatic heterocycles. The number of aromatic nitrogens is 1. The van der Waals surface area contributed by atoms with Gasteiger partial charge in [0.1, 0.15) is 5.69 Å². The van der Waals surface area contributed by atoms with Gasteiger partial charge >= 0.3 is 0 Å². The van der Waals surface area contributed by atoms with Crippen molar-refractivity contribution in [1.82, 2.24) is 10.3 Å². The molecule has 20 heavy (non-hydrogen) atoms. The fraction of sp³-hybridized carbons (Fsp3) is 0.250. The molecule has 0 spiro atoms. The number of amides is 1. The van der Waals surface area contributed by atoms with Crippen LogP contribution in [0.4, 0.5) is 11.4 Å². The summed E-state index contributed by atoms with van der Waals surface area (Å²) in [7, 11) is 1.97. The Bertz CT molecular complexity index is 564. The van der Waals surface area contributed by atoms with E-state index in [1.807, 2.05) is 62.2 Å². The zero-order chi connectivity index (χ0) is 14.5. The summed E-state index contributed by atoms with van der Waals surface area (Å²) in [6, 6.07) is 13.8. The summed E-state index contributed by atoms with van der Waals surface area (Å²) in [4.78, 5) is 18.1. The summed E-state index contributed by atoms with van der Waals surface area (Å²) in [5.41, 5.74) is 2.45. The molecule has 0 fully saturated rings. The highest BCUT2D eigenvalue weighted by molar-refractivity contribution is 5.92. The Labute approximate surface area is 119 Å². The standard InChI is InChI=1S/C16H19N3O/c1-12(2)18-16(20)15-10-9-14(11-17-15)19(3)13-7-5-4-6-8-13/h4-12H,1-3H3,(H,18,20). The van der Waals surface area contributed by atoms with Crippen LogP contribution >= 0.6 is 0 Å². The van der Waals surface area contributed by atoms with Gasteiger partial charge in [0.05, 0.1) is 11.9 Å². The van der Waals surface area contributed by atoms with Crippen LogP contribution in [-0.4, -0.2) is 24.0 Å². The SMILES string of the molecule is CC(C)NC(=O)c1ccc(N(C)c2ccccc2)cn1. The van der Waals surface area contributed by atoms with Crippen LogP contribution in [0, 0.1) is 0 Å². The predicted octanol–water partition coefficient (Wildman–Crippen LogP) is 2.99. The highest BCUT2D eigenvalue weighted by Crippen LogP contribution is 2.22. The summed E-state index contributed by atoms with van der Waals surface area (Å²) < 4.78 is 0. The molecular weight excluding hydrogens is 250 g/mol. The summed E-state index contributed by atoms with van der Waals surface area (Å²) in [6.07, 6.45) is 1.71. The van der Waals surface area contributed by atoms with Crippen LogP contribution in [0.15, 0.2) is 48.7 Å². The van der Waals surface area contributed by atoms with Gasteiger partial charge in [0.25, 0.3) is 5.91 Å². The van der Waals surface area contributed by atoms with Crippen LogP contribution in [0.3, 0.4) is 0 Å². The minimum Gasteiger partial charge on any atom is -0.349 e. The fourth-order valence-electron chi connectivity index (χ4n) is 1.86. The molecule has 1 aromatic carbocycles. The van der Waals surface area contributed by atoms with Gasteiger partial charge in [-0.1, -0.05) is 18.2 Å². The van der Waals surface area contributed by atoms with Gasteiger partial charge in [0, 0.05) is 18.8 Å². The monoisotopic (exact) mass is 269 g/mol. The van der Waals surface area contributed by atoms with E-state index in [4.69, 9.17) is 0 Å². The smallest absolute Gasteiger partial charge is 0.270 e. The first-order valence-corrected chi connectivity index (χ1v) is 6.63. The van der Waals surface area contributed by atoms with Crippen LogP contribution in [-0.2, 0) is 0 Å². The van der Waals surface area contributed by atoms with Crippen molar-refractivity contribution in [2.45, 2.75) is 19.9 Å². The van der Waals surface area contributed by atoms with E-state index in [1.165, 1.54) is 0 Å². The second kappa shape index (κ2) is 6.19. The Hall–Kier alpha value is -2.36. The summed E-state index contributed by atoms with van der Waals surface area (Å²) >= 11 is 0. The molecule has 0 unspecified atom stereocenters. The summed E-state index contributed by atoms with van der Waals surface area (Å²) in [5.74, 6) is -0.145. The molecule has 0 atom stereocenters. The van der Waals surface area contributed by atoms with Crippen LogP contribution < -0.4 is 10.2 Å². The van der Waals surface area contributed by atoms with Gasteiger partial charge in [-0.25, -0.2) is 4.98 Å². The first-order valence-electron chi connectivity index (χ1n) is 6.63. The lowest BCUT2D eigenvalue weighted by atomic mass is 10.2. The molecule has 1 amide bonds. The Morgan fingerprint density at radius 2 is 1.80 bits per heavy atom. The predicted molar refractivity (Wildman–Crippen MR) is 81.3 cm³/mol.